The van der Waals surface area contributed by atoms with Crippen molar-refractivity contribution in [3.8, 4) is 11.1 Å². The zero-order chi connectivity index (χ0) is 21.3. The third-order valence-electron chi connectivity index (χ3n) is 5.34. The van der Waals surface area contributed by atoms with Crippen LogP contribution >= 0.6 is 11.6 Å². The molecule has 2 N–H and O–H groups in total. The molecule has 1 aromatic carbocycles. The fraction of sp³-hybridized carbons (Fsp3) is 0.409. The van der Waals surface area contributed by atoms with Gasteiger partial charge >= 0.3 is 0 Å². The first kappa shape index (κ1) is 20.8. The Labute approximate surface area is 179 Å². The number of rotatable bonds is 5. The molecule has 3 heterocycles. The fourth-order valence-electron chi connectivity index (χ4n) is 3.96. The second-order valence-electron chi connectivity index (χ2n) is 8.47. The Morgan fingerprint density at radius 1 is 1.27 bits per heavy atom. The summed E-state index contributed by atoms with van der Waals surface area (Å²) >= 11 is 6.06. The van der Waals surface area contributed by atoms with Crippen molar-refractivity contribution in [2.75, 3.05) is 19.6 Å². The molecule has 0 aliphatic carbocycles. The SMILES string of the molecule is CC(C)(F)CN1CCC(NC(=O)c2n[nH]c3ccc(-c4cncc(Cl)c4)cc23)CC1. The molecule has 0 radical (unpaired) electrons. The fourth-order valence-corrected chi connectivity index (χ4v) is 4.13. The lowest BCUT2D eigenvalue weighted by Gasteiger charge is -2.34. The Hall–Kier alpha value is -2.51. The van der Waals surface area contributed by atoms with Crippen LogP contribution in [-0.4, -0.2) is 57.3 Å². The van der Waals surface area contributed by atoms with Gasteiger partial charge in [0.15, 0.2) is 5.69 Å². The van der Waals surface area contributed by atoms with E-state index in [-0.39, 0.29) is 11.9 Å². The van der Waals surface area contributed by atoms with Gasteiger partial charge in [-0.25, -0.2) is 4.39 Å². The molecule has 0 atom stereocenters. The van der Waals surface area contributed by atoms with Crippen molar-refractivity contribution in [3.63, 3.8) is 0 Å². The van der Waals surface area contributed by atoms with Crippen molar-refractivity contribution in [2.45, 2.75) is 38.4 Å². The molecule has 0 spiro atoms. The number of likely N-dealkylation sites (tertiary alicyclic amines) is 1. The zero-order valence-corrected chi connectivity index (χ0v) is 17.8. The number of piperidine rings is 1. The Kier molecular flexibility index (Phi) is 5.75. The normalized spacial score (nSPS) is 16.1. The van der Waals surface area contributed by atoms with Crippen LogP contribution in [0.25, 0.3) is 22.0 Å². The minimum absolute atomic E-state index is 0.0588. The van der Waals surface area contributed by atoms with Gasteiger partial charge in [0.05, 0.1) is 10.5 Å². The van der Waals surface area contributed by atoms with Crippen molar-refractivity contribution < 1.29 is 9.18 Å². The number of nitrogens with one attached hydrogen (secondary N) is 2. The number of amides is 1. The van der Waals surface area contributed by atoms with Gasteiger partial charge in [-0.2, -0.15) is 5.10 Å². The number of halogens is 2. The molecule has 1 saturated heterocycles. The van der Waals surface area contributed by atoms with Crippen LogP contribution in [0, 0.1) is 0 Å². The highest BCUT2D eigenvalue weighted by atomic mass is 35.5. The number of aromatic amines is 1. The monoisotopic (exact) mass is 429 g/mol. The molecule has 1 aliphatic rings. The smallest absolute Gasteiger partial charge is 0.272 e. The van der Waals surface area contributed by atoms with E-state index in [0.29, 0.717) is 17.3 Å². The third kappa shape index (κ3) is 4.79. The van der Waals surface area contributed by atoms with Crippen molar-refractivity contribution in [1.82, 2.24) is 25.4 Å². The van der Waals surface area contributed by atoms with Crippen LogP contribution in [0.2, 0.25) is 5.02 Å². The lowest BCUT2D eigenvalue weighted by atomic mass is 10.0. The maximum absolute atomic E-state index is 13.9. The molecule has 6 nitrogen and oxygen atoms in total. The summed E-state index contributed by atoms with van der Waals surface area (Å²) in [5, 5.41) is 11.6. The number of benzene rings is 1. The molecule has 0 bridgehead atoms. The molecule has 30 heavy (non-hydrogen) atoms. The highest BCUT2D eigenvalue weighted by Gasteiger charge is 2.27. The minimum Gasteiger partial charge on any atom is -0.348 e. The number of carbonyl (C=O) groups excluding carboxylic acids is 1. The van der Waals surface area contributed by atoms with Crippen molar-refractivity contribution in [2.24, 2.45) is 0 Å². The number of alkyl halides is 1. The lowest BCUT2D eigenvalue weighted by Crippen LogP contribution is -2.47. The molecular formula is C22H25ClFN5O. The Morgan fingerprint density at radius 2 is 2.03 bits per heavy atom. The summed E-state index contributed by atoms with van der Waals surface area (Å²) in [6.07, 6.45) is 4.91. The van der Waals surface area contributed by atoms with Gasteiger partial charge in [0, 0.05) is 49.0 Å². The molecule has 3 aromatic rings. The van der Waals surface area contributed by atoms with E-state index < -0.39 is 5.67 Å². The average Bonchev–Trinajstić information content (AvgIpc) is 3.12. The van der Waals surface area contributed by atoms with Crippen molar-refractivity contribution in [1.29, 1.82) is 0 Å². The van der Waals surface area contributed by atoms with E-state index in [9.17, 15) is 9.18 Å². The molecule has 1 aliphatic heterocycles. The maximum atomic E-state index is 13.9. The first-order chi connectivity index (χ1) is 14.3. The number of carbonyl (C=O) groups is 1. The average molecular weight is 430 g/mol. The van der Waals surface area contributed by atoms with E-state index >= 15 is 0 Å². The van der Waals surface area contributed by atoms with E-state index in [1.54, 1.807) is 26.2 Å². The van der Waals surface area contributed by atoms with Gasteiger partial charge in [0.2, 0.25) is 0 Å². The van der Waals surface area contributed by atoms with Crippen LogP contribution in [0.3, 0.4) is 0 Å². The molecule has 0 unspecified atom stereocenters. The number of H-pyrrole nitrogens is 1. The molecule has 2 aromatic heterocycles. The highest BCUT2D eigenvalue weighted by molar-refractivity contribution is 6.30. The number of hydrogen-bond donors (Lipinski definition) is 2. The molecule has 4 rings (SSSR count). The summed E-state index contributed by atoms with van der Waals surface area (Å²) in [5.74, 6) is -0.202. The number of pyridine rings is 1. The van der Waals surface area contributed by atoms with E-state index in [2.05, 4.69) is 25.4 Å². The van der Waals surface area contributed by atoms with Crippen molar-refractivity contribution >= 4 is 28.4 Å². The van der Waals surface area contributed by atoms with Gasteiger partial charge in [-0.15, -0.1) is 0 Å². The summed E-state index contributed by atoms with van der Waals surface area (Å²) in [7, 11) is 0. The van der Waals surface area contributed by atoms with Crippen LogP contribution in [0.4, 0.5) is 4.39 Å². The molecule has 8 heteroatoms. The van der Waals surface area contributed by atoms with E-state index in [1.165, 1.54) is 0 Å². The zero-order valence-electron chi connectivity index (χ0n) is 17.1. The largest absolute Gasteiger partial charge is 0.348 e. The number of fused-ring (bicyclic) bond motifs is 1. The Balaban J connectivity index is 1.47. The van der Waals surface area contributed by atoms with Crippen molar-refractivity contribution in [3.05, 3.63) is 47.4 Å². The van der Waals surface area contributed by atoms with Gasteiger partial charge in [-0.3, -0.25) is 14.9 Å². The summed E-state index contributed by atoms with van der Waals surface area (Å²) in [4.78, 5) is 19.1. The van der Waals surface area contributed by atoms with E-state index in [4.69, 9.17) is 11.6 Å². The predicted octanol–water partition coefficient (Wildman–Crippen LogP) is 4.22. The first-order valence-corrected chi connectivity index (χ1v) is 10.5. The third-order valence-corrected chi connectivity index (χ3v) is 5.55. The lowest BCUT2D eigenvalue weighted by molar-refractivity contribution is 0.0844. The van der Waals surface area contributed by atoms with Crippen LogP contribution in [-0.2, 0) is 0 Å². The van der Waals surface area contributed by atoms with Gasteiger partial charge in [-0.1, -0.05) is 17.7 Å². The number of hydrogen-bond acceptors (Lipinski definition) is 4. The van der Waals surface area contributed by atoms with Gasteiger partial charge in [0.1, 0.15) is 5.67 Å². The predicted molar refractivity (Wildman–Crippen MR) is 116 cm³/mol. The van der Waals surface area contributed by atoms with Crippen LogP contribution in [0.1, 0.15) is 37.2 Å². The molecule has 158 valence electrons. The van der Waals surface area contributed by atoms with Crippen LogP contribution < -0.4 is 5.32 Å². The summed E-state index contributed by atoms with van der Waals surface area (Å²) < 4.78 is 13.9. The summed E-state index contributed by atoms with van der Waals surface area (Å²) in [5.41, 5.74) is 1.74. The van der Waals surface area contributed by atoms with E-state index in [0.717, 1.165) is 48.0 Å². The standard InChI is InChI=1S/C22H25ClFN5O/c1-22(2,24)13-29-7-5-17(6-8-29)26-21(30)20-18-10-14(3-4-19(18)27-28-20)15-9-16(23)12-25-11-15/h3-4,9-12,17H,5-8,13H2,1-2H3,(H,26,30)(H,27,28). The van der Waals surface area contributed by atoms with Gasteiger partial charge < -0.3 is 10.2 Å². The molecule has 0 saturated carbocycles. The highest BCUT2D eigenvalue weighted by Crippen LogP contribution is 2.27. The quantitative estimate of drug-likeness (QED) is 0.636. The maximum Gasteiger partial charge on any atom is 0.272 e. The Bertz CT molecular complexity index is 1050. The first-order valence-electron chi connectivity index (χ1n) is 10.1. The minimum atomic E-state index is -1.21. The second kappa shape index (κ2) is 8.32. The Morgan fingerprint density at radius 3 is 2.73 bits per heavy atom. The number of nitrogens with zero attached hydrogens (tertiary/aromatic N) is 3. The van der Waals surface area contributed by atoms with Crippen LogP contribution in [0.5, 0.6) is 0 Å². The molecular weight excluding hydrogens is 405 g/mol. The van der Waals surface area contributed by atoms with E-state index in [1.807, 2.05) is 24.3 Å². The molecule has 1 amide bonds. The summed E-state index contributed by atoms with van der Waals surface area (Å²) in [6, 6.07) is 7.66. The second-order valence-corrected chi connectivity index (χ2v) is 8.90. The van der Waals surface area contributed by atoms with Gasteiger partial charge in [-0.05, 0) is 50.5 Å². The topological polar surface area (TPSA) is 73.9 Å². The summed E-state index contributed by atoms with van der Waals surface area (Å²) in [6.45, 7) is 5.14. The number of aromatic nitrogens is 3. The van der Waals surface area contributed by atoms with Gasteiger partial charge in [0.25, 0.3) is 5.91 Å². The molecule has 1 fully saturated rings. The van der Waals surface area contributed by atoms with Crippen LogP contribution in [0.15, 0.2) is 36.7 Å².